The van der Waals surface area contributed by atoms with Gasteiger partial charge in [-0.3, -0.25) is 0 Å². The van der Waals surface area contributed by atoms with Crippen LogP contribution in [0.3, 0.4) is 0 Å². The Morgan fingerprint density at radius 1 is 1.26 bits per heavy atom. The number of ether oxygens (including phenoxy) is 1. The molecule has 1 rings (SSSR count). The molecule has 0 radical (unpaired) electrons. The van der Waals surface area contributed by atoms with Gasteiger partial charge in [0.25, 0.3) is 0 Å². The molecule has 0 amide bonds. The molecule has 0 heterocycles. The summed E-state index contributed by atoms with van der Waals surface area (Å²) < 4.78 is 5.46. The number of unbranched alkanes of at least 4 members (excludes halogenated alkanes) is 1. The van der Waals surface area contributed by atoms with Gasteiger partial charge in [-0.2, -0.15) is 0 Å². The van der Waals surface area contributed by atoms with E-state index in [1.807, 2.05) is 0 Å². The second-order valence-electron chi connectivity index (χ2n) is 5.46. The molecule has 0 aromatic heterocycles. The summed E-state index contributed by atoms with van der Waals surface area (Å²) in [5, 5.41) is 0. The Hall–Kier alpha value is -1.06. The molecule has 0 aliphatic rings. The summed E-state index contributed by atoms with van der Waals surface area (Å²) in [5.41, 5.74) is 8.16. The zero-order valence-electron chi connectivity index (χ0n) is 12.8. The Bertz CT molecular complexity index is 377. The molecule has 0 aliphatic carbocycles. The van der Waals surface area contributed by atoms with Crippen LogP contribution in [0.2, 0.25) is 0 Å². The number of methoxy groups -OCH3 is 1. The van der Waals surface area contributed by atoms with E-state index in [-0.39, 0.29) is 0 Å². The van der Waals surface area contributed by atoms with Crippen LogP contribution >= 0.6 is 0 Å². The molecule has 0 bridgehead atoms. The predicted octanol–water partition coefficient (Wildman–Crippen LogP) is 2.99. The first kappa shape index (κ1) is 16.0. The lowest BCUT2D eigenvalue weighted by atomic mass is 10.00. The highest BCUT2D eigenvalue weighted by Gasteiger charge is 2.09. The number of hydrogen-bond acceptors (Lipinski definition) is 3. The van der Waals surface area contributed by atoms with Gasteiger partial charge in [-0.05, 0) is 50.5 Å². The Morgan fingerprint density at radius 3 is 2.58 bits per heavy atom. The first-order valence-corrected chi connectivity index (χ1v) is 7.14. The van der Waals surface area contributed by atoms with Crippen molar-refractivity contribution < 1.29 is 4.74 Å². The van der Waals surface area contributed by atoms with E-state index in [1.54, 1.807) is 7.11 Å². The minimum atomic E-state index is 0.548. The zero-order chi connectivity index (χ0) is 14.3. The monoisotopic (exact) mass is 264 g/mol. The van der Waals surface area contributed by atoms with Crippen LogP contribution in [0.5, 0.6) is 5.75 Å². The smallest absolute Gasteiger partial charge is 0.123 e. The molecule has 0 atom stereocenters. The molecule has 0 saturated carbocycles. The summed E-state index contributed by atoms with van der Waals surface area (Å²) in [5.74, 6) is 1.53. The normalized spacial score (nSPS) is 11.3. The minimum Gasteiger partial charge on any atom is -0.496 e. The average Bonchev–Trinajstić information content (AvgIpc) is 2.38. The van der Waals surface area contributed by atoms with Gasteiger partial charge in [-0.1, -0.05) is 26.0 Å². The maximum absolute atomic E-state index is 5.53. The topological polar surface area (TPSA) is 38.5 Å². The summed E-state index contributed by atoms with van der Waals surface area (Å²) in [6.07, 6.45) is 2.24. The van der Waals surface area contributed by atoms with Crippen LogP contribution in [0, 0.1) is 0 Å². The Morgan fingerprint density at radius 2 is 2.00 bits per heavy atom. The highest BCUT2D eigenvalue weighted by molar-refractivity contribution is 5.38. The quantitative estimate of drug-likeness (QED) is 0.734. The summed E-state index contributed by atoms with van der Waals surface area (Å²) in [4.78, 5) is 2.33. The summed E-state index contributed by atoms with van der Waals surface area (Å²) in [7, 11) is 3.89. The molecule has 0 spiro atoms. The fourth-order valence-electron chi connectivity index (χ4n) is 2.18. The lowest BCUT2D eigenvalue weighted by Crippen LogP contribution is -2.20. The van der Waals surface area contributed by atoms with Crippen molar-refractivity contribution in [3.8, 4) is 5.75 Å². The molecule has 108 valence electrons. The summed E-state index contributed by atoms with van der Waals surface area (Å²) >= 11 is 0. The summed E-state index contributed by atoms with van der Waals surface area (Å²) in [6.45, 7) is 7.22. The lowest BCUT2D eigenvalue weighted by Gasteiger charge is -2.19. The maximum Gasteiger partial charge on any atom is 0.123 e. The van der Waals surface area contributed by atoms with Crippen LogP contribution in [0.4, 0.5) is 0 Å². The van der Waals surface area contributed by atoms with E-state index >= 15 is 0 Å². The number of nitrogens with two attached hydrogens (primary N) is 1. The van der Waals surface area contributed by atoms with Crippen LogP contribution in [0.1, 0.15) is 43.7 Å². The lowest BCUT2D eigenvalue weighted by molar-refractivity contribution is 0.311. The van der Waals surface area contributed by atoms with Crippen molar-refractivity contribution in [3.63, 3.8) is 0 Å². The van der Waals surface area contributed by atoms with Gasteiger partial charge in [0.05, 0.1) is 7.11 Å². The Balaban J connectivity index is 2.71. The minimum absolute atomic E-state index is 0.548. The van der Waals surface area contributed by atoms with Crippen molar-refractivity contribution in [2.45, 2.75) is 39.2 Å². The second-order valence-corrected chi connectivity index (χ2v) is 5.46. The van der Waals surface area contributed by atoms with Crippen LogP contribution < -0.4 is 10.5 Å². The largest absolute Gasteiger partial charge is 0.496 e. The molecule has 1 aromatic rings. The molecule has 3 heteroatoms. The van der Waals surface area contributed by atoms with Gasteiger partial charge in [0.15, 0.2) is 0 Å². The molecule has 0 fully saturated rings. The van der Waals surface area contributed by atoms with E-state index in [0.717, 1.165) is 38.2 Å². The van der Waals surface area contributed by atoms with Crippen molar-refractivity contribution in [2.75, 3.05) is 27.2 Å². The number of hydrogen-bond donors (Lipinski definition) is 1. The summed E-state index contributed by atoms with van der Waals surface area (Å²) in [6, 6.07) is 6.50. The van der Waals surface area contributed by atoms with Gasteiger partial charge in [0.2, 0.25) is 0 Å². The molecular weight excluding hydrogens is 236 g/mol. The molecule has 0 unspecified atom stereocenters. The molecule has 0 saturated heterocycles. The highest BCUT2D eigenvalue weighted by Crippen LogP contribution is 2.25. The van der Waals surface area contributed by atoms with Gasteiger partial charge in [0, 0.05) is 12.1 Å². The fourth-order valence-corrected chi connectivity index (χ4v) is 2.18. The third-order valence-electron chi connectivity index (χ3n) is 3.41. The Labute approximate surface area is 117 Å². The van der Waals surface area contributed by atoms with Crippen molar-refractivity contribution in [1.29, 1.82) is 0 Å². The van der Waals surface area contributed by atoms with Crippen LogP contribution in [-0.2, 0) is 6.54 Å². The van der Waals surface area contributed by atoms with Gasteiger partial charge >= 0.3 is 0 Å². The van der Waals surface area contributed by atoms with Gasteiger partial charge in [-0.25, -0.2) is 0 Å². The maximum atomic E-state index is 5.53. The average molecular weight is 264 g/mol. The fraction of sp³-hybridized carbons (Fsp3) is 0.625. The standard InChI is InChI=1S/C16H28N2O/c1-13(2)14-7-8-16(19-4)15(11-14)12-18(3)10-6-5-9-17/h7-8,11,13H,5-6,9-10,12,17H2,1-4H3. The van der Waals surface area contributed by atoms with Crippen molar-refractivity contribution in [2.24, 2.45) is 5.73 Å². The first-order chi connectivity index (χ1) is 9.08. The van der Waals surface area contributed by atoms with Crippen molar-refractivity contribution in [1.82, 2.24) is 4.90 Å². The number of benzene rings is 1. The van der Waals surface area contributed by atoms with Gasteiger partial charge in [0.1, 0.15) is 5.75 Å². The molecule has 1 aromatic carbocycles. The molecule has 0 aliphatic heterocycles. The van der Waals surface area contributed by atoms with Crippen LogP contribution in [0.15, 0.2) is 18.2 Å². The second kappa shape index (κ2) is 8.18. The highest BCUT2D eigenvalue weighted by atomic mass is 16.5. The molecule has 2 N–H and O–H groups in total. The zero-order valence-corrected chi connectivity index (χ0v) is 12.8. The number of nitrogens with zero attached hydrogens (tertiary/aromatic N) is 1. The van der Waals surface area contributed by atoms with Crippen molar-refractivity contribution >= 4 is 0 Å². The molecule has 3 nitrogen and oxygen atoms in total. The van der Waals surface area contributed by atoms with Gasteiger partial charge < -0.3 is 15.4 Å². The third-order valence-corrected chi connectivity index (χ3v) is 3.41. The SMILES string of the molecule is COc1ccc(C(C)C)cc1CN(C)CCCCN. The van der Waals surface area contributed by atoms with E-state index in [0.29, 0.717) is 5.92 Å². The first-order valence-electron chi connectivity index (χ1n) is 7.14. The van der Waals surface area contributed by atoms with Crippen molar-refractivity contribution in [3.05, 3.63) is 29.3 Å². The van der Waals surface area contributed by atoms with E-state index in [2.05, 4.69) is 44.0 Å². The van der Waals surface area contributed by atoms with E-state index in [4.69, 9.17) is 10.5 Å². The van der Waals surface area contributed by atoms with Crippen LogP contribution in [0.25, 0.3) is 0 Å². The molecule has 19 heavy (non-hydrogen) atoms. The Kier molecular flexibility index (Phi) is 6.89. The number of rotatable bonds is 8. The molecular formula is C16H28N2O. The van der Waals surface area contributed by atoms with Gasteiger partial charge in [-0.15, -0.1) is 0 Å². The van der Waals surface area contributed by atoms with Crippen LogP contribution in [-0.4, -0.2) is 32.1 Å². The van der Waals surface area contributed by atoms with E-state index < -0.39 is 0 Å². The van der Waals surface area contributed by atoms with E-state index in [1.165, 1.54) is 11.1 Å². The third kappa shape index (κ3) is 5.21. The van der Waals surface area contributed by atoms with E-state index in [9.17, 15) is 0 Å². The predicted molar refractivity (Wildman–Crippen MR) is 81.7 cm³/mol.